The Balaban J connectivity index is 2.33. The molecule has 0 aliphatic rings. The summed E-state index contributed by atoms with van der Waals surface area (Å²) in [6, 6.07) is 12.9. The molecule has 0 heterocycles. The lowest BCUT2D eigenvalue weighted by Gasteiger charge is -2.18. The van der Waals surface area contributed by atoms with E-state index in [2.05, 4.69) is 31.0 Å². The molecular weight excluding hydrogens is 314 g/mol. The van der Waals surface area contributed by atoms with Gasteiger partial charge >= 0.3 is 0 Å². The Morgan fingerprint density at radius 2 is 1.32 bits per heavy atom. The van der Waals surface area contributed by atoms with Gasteiger partial charge in [-0.1, -0.05) is 59.7 Å². The van der Waals surface area contributed by atoms with Gasteiger partial charge in [0.1, 0.15) is 0 Å². The largest absolute Gasteiger partial charge is 0.297 e. The average molecular weight is 339 g/mol. The number of benzene rings is 2. The number of rotatable bonds is 3. The molecule has 25 heavy (non-hydrogen) atoms. The summed E-state index contributed by atoms with van der Waals surface area (Å²) in [5, 5.41) is 19.6. The quantitative estimate of drug-likeness (QED) is 0.359. The van der Waals surface area contributed by atoms with E-state index in [0.717, 1.165) is 5.56 Å². The summed E-state index contributed by atoms with van der Waals surface area (Å²) < 4.78 is 0. The summed E-state index contributed by atoms with van der Waals surface area (Å²) in [6.45, 7) is 12.5. The fraction of sp³-hybridized carbons (Fsp3) is 0.400. The molecule has 0 saturated heterocycles. The normalized spacial score (nSPS) is 12.6. The van der Waals surface area contributed by atoms with Gasteiger partial charge < -0.3 is 0 Å². The predicted molar refractivity (Wildman–Crippen MR) is 101 cm³/mol. The van der Waals surface area contributed by atoms with Gasteiger partial charge in [-0.15, -0.1) is 5.11 Å². The molecule has 0 spiro atoms. The minimum atomic E-state index is -0.410. The van der Waals surface area contributed by atoms with Crippen LogP contribution >= 0.6 is 0 Å². The van der Waals surface area contributed by atoms with E-state index >= 15 is 0 Å². The maximum atomic E-state index is 11.4. The second-order valence-corrected chi connectivity index (χ2v) is 8.21. The number of nitro groups is 1. The summed E-state index contributed by atoms with van der Waals surface area (Å²) in [5.41, 5.74) is 2.91. The molecule has 0 N–H and O–H groups in total. The minimum absolute atomic E-state index is 0.0255. The van der Waals surface area contributed by atoms with Crippen molar-refractivity contribution in [3.8, 4) is 0 Å². The lowest BCUT2D eigenvalue weighted by molar-refractivity contribution is -0.384. The molecular formula is C20H25N3O2. The second-order valence-electron chi connectivity index (χ2n) is 8.21. The lowest BCUT2D eigenvalue weighted by atomic mass is 9.86. The molecule has 0 aliphatic carbocycles. The van der Waals surface area contributed by atoms with Crippen LogP contribution in [0.15, 0.2) is 52.7 Å². The SMILES string of the molecule is CC(C)(C)c1ccc(/N=N/c2ccc(C(C)(C)C)cc2[N+](=O)[O-])cc1. The van der Waals surface area contributed by atoms with Gasteiger partial charge in [0.15, 0.2) is 5.69 Å². The van der Waals surface area contributed by atoms with Gasteiger partial charge in [0.05, 0.1) is 10.6 Å². The molecule has 0 aliphatic heterocycles. The van der Waals surface area contributed by atoms with Crippen LogP contribution in [0.3, 0.4) is 0 Å². The lowest BCUT2D eigenvalue weighted by Crippen LogP contribution is -2.11. The van der Waals surface area contributed by atoms with E-state index in [1.54, 1.807) is 12.1 Å². The summed E-state index contributed by atoms with van der Waals surface area (Å²) >= 11 is 0. The van der Waals surface area contributed by atoms with Crippen LogP contribution in [0, 0.1) is 10.1 Å². The van der Waals surface area contributed by atoms with Crippen molar-refractivity contribution in [2.75, 3.05) is 0 Å². The molecule has 5 heteroatoms. The van der Waals surface area contributed by atoms with Gasteiger partial charge in [0.2, 0.25) is 0 Å². The number of hydrogen-bond acceptors (Lipinski definition) is 4. The van der Waals surface area contributed by atoms with Gasteiger partial charge in [-0.25, -0.2) is 0 Å². The Bertz CT molecular complexity index is 795. The van der Waals surface area contributed by atoms with Crippen molar-refractivity contribution in [1.29, 1.82) is 0 Å². The average Bonchev–Trinajstić information content (AvgIpc) is 2.51. The highest BCUT2D eigenvalue weighted by Crippen LogP contribution is 2.34. The second kappa shape index (κ2) is 6.75. The molecule has 0 fully saturated rings. The van der Waals surface area contributed by atoms with E-state index in [9.17, 15) is 10.1 Å². The fourth-order valence-corrected chi connectivity index (χ4v) is 2.36. The van der Waals surface area contributed by atoms with E-state index in [0.29, 0.717) is 5.69 Å². The fourth-order valence-electron chi connectivity index (χ4n) is 2.36. The third kappa shape index (κ3) is 4.72. The van der Waals surface area contributed by atoms with E-state index in [1.165, 1.54) is 5.56 Å². The maximum absolute atomic E-state index is 11.4. The summed E-state index contributed by atoms with van der Waals surface area (Å²) in [5.74, 6) is 0. The number of nitro benzene ring substituents is 1. The van der Waals surface area contributed by atoms with Crippen molar-refractivity contribution < 1.29 is 4.92 Å². The Morgan fingerprint density at radius 3 is 1.80 bits per heavy atom. The third-order valence-corrected chi connectivity index (χ3v) is 4.04. The van der Waals surface area contributed by atoms with Crippen molar-refractivity contribution in [1.82, 2.24) is 0 Å². The van der Waals surface area contributed by atoms with Crippen LogP contribution in [-0.4, -0.2) is 4.92 Å². The molecule has 2 aromatic rings. The van der Waals surface area contributed by atoms with Crippen molar-refractivity contribution in [3.05, 3.63) is 63.7 Å². The van der Waals surface area contributed by atoms with E-state index < -0.39 is 4.92 Å². The van der Waals surface area contributed by atoms with Crippen molar-refractivity contribution in [2.24, 2.45) is 10.2 Å². The van der Waals surface area contributed by atoms with Crippen LogP contribution in [0.1, 0.15) is 52.7 Å². The monoisotopic (exact) mass is 339 g/mol. The van der Waals surface area contributed by atoms with Gasteiger partial charge in [-0.2, -0.15) is 5.11 Å². The predicted octanol–water partition coefficient (Wildman–Crippen LogP) is 6.61. The molecule has 0 bridgehead atoms. The van der Waals surface area contributed by atoms with Crippen LogP contribution in [0.2, 0.25) is 0 Å². The van der Waals surface area contributed by atoms with Crippen molar-refractivity contribution in [2.45, 2.75) is 52.4 Å². The highest BCUT2D eigenvalue weighted by molar-refractivity contribution is 5.59. The molecule has 2 aromatic carbocycles. The zero-order chi connectivity index (χ0) is 18.8. The van der Waals surface area contributed by atoms with E-state index in [-0.39, 0.29) is 22.2 Å². The molecule has 132 valence electrons. The zero-order valence-corrected chi connectivity index (χ0v) is 15.7. The molecule has 0 unspecified atom stereocenters. The Morgan fingerprint density at radius 1 is 0.800 bits per heavy atom. The van der Waals surface area contributed by atoms with Gasteiger partial charge in [-0.05, 0) is 40.2 Å². The molecule has 0 saturated carbocycles. The molecule has 0 radical (unpaired) electrons. The van der Waals surface area contributed by atoms with Crippen LogP contribution < -0.4 is 0 Å². The van der Waals surface area contributed by atoms with E-state index in [1.807, 2.05) is 51.1 Å². The number of hydrogen-bond donors (Lipinski definition) is 0. The molecule has 0 amide bonds. The van der Waals surface area contributed by atoms with Crippen LogP contribution in [0.5, 0.6) is 0 Å². The summed E-state index contributed by atoms with van der Waals surface area (Å²) in [4.78, 5) is 11.0. The molecule has 0 aromatic heterocycles. The first-order valence-corrected chi connectivity index (χ1v) is 8.30. The van der Waals surface area contributed by atoms with E-state index in [4.69, 9.17) is 0 Å². The first-order chi connectivity index (χ1) is 11.5. The smallest absolute Gasteiger partial charge is 0.258 e. The Hall–Kier alpha value is -2.56. The topological polar surface area (TPSA) is 67.9 Å². The highest BCUT2D eigenvalue weighted by Gasteiger charge is 2.21. The number of nitrogens with zero attached hydrogens (tertiary/aromatic N) is 3. The van der Waals surface area contributed by atoms with Gasteiger partial charge in [-0.3, -0.25) is 10.1 Å². The third-order valence-electron chi connectivity index (χ3n) is 4.04. The van der Waals surface area contributed by atoms with Crippen molar-refractivity contribution in [3.63, 3.8) is 0 Å². The summed E-state index contributed by atoms with van der Waals surface area (Å²) in [7, 11) is 0. The van der Waals surface area contributed by atoms with Crippen LogP contribution in [0.25, 0.3) is 0 Å². The highest BCUT2D eigenvalue weighted by atomic mass is 16.6. The van der Waals surface area contributed by atoms with Crippen LogP contribution in [0.4, 0.5) is 17.1 Å². The maximum Gasteiger partial charge on any atom is 0.297 e. The number of azo groups is 1. The minimum Gasteiger partial charge on any atom is -0.258 e. The van der Waals surface area contributed by atoms with Gasteiger partial charge in [0.25, 0.3) is 5.69 Å². The summed E-state index contributed by atoms with van der Waals surface area (Å²) in [6.07, 6.45) is 0. The Labute approximate surface area is 149 Å². The van der Waals surface area contributed by atoms with Crippen LogP contribution in [-0.2, 0) is 10.8 Å². The molecule has 2 rings (SSSR count). The molecule has 0 atom stereocenters. The van der Waals surface area contributed by atoms with Gasteiger partial charge in [0, 0.05) is 6.07 Å². The molecule has 5 nitrogen and oxygen atoms in total. The Kier molecular flexibility index (Phi) is 5.07. The standard InChI is InChI=1S/C20H25N3O2/c1-19(2,3)14-7-10-16(11-8-14)21-22-17-12-9-15(20(4,5)6)13-18(17)23(24)25/h7-13H,1-6H3/b22-21+. The van der Waals surface area contributed by atoms with Crippen molar-refractivity contribution >= 4 is 17.1 Å². The first kappa shape index (κ1) is 18.8. The first-order valence-electron chi connectivity index (χ1n) is 8.30. The zero-order valence-electron chi connectivity index (χ0n) is 15.7.